The second kappa shape index (κ2) is 9.25. The third-order valence-corrected chi connectivity index (χ3v) is 5.98. The molecule has 29 heavy (non-hydrogen) atoms. The van der Waals surface area contributed by atoms with Crippen LogP contribution in [0.2, 0.25) is 0 Å². The predicted molar refractivity (Wildman–Crippen MR) is 119 cm³/mol. The maximum absolute atomic E-state index is 13.1. The summed E-state index contributed by atoms with van der Waals surface area (Å²) in [5, 5.41) is 3.15. The third-order valence-electron chi connectivity index (χ3n) is 5.98. The minimum absolute atomic E-state index is 0.0419. The molecule has 1 heterocycles. The number of rotatable bonds is 7. The van der Waals surface area contributed by atoms with Gasteiger partial charge in [-0.25, -0.2) is 0 Å². The van der Waals surface area contributed by atoms with Gasteiger partial charge in [0.1, 0.15) is 0 Å². The Morgan fingerprint density at radius 2 is 1.38 bits per heavy atom. The SMILES string of the molecule is CCc1cccc(CC)c1NC(=O)[C@H]1CC(=O)N(c2c(CC)cccc2CC)C1. The van der Waals surface area contributed by atoms with E-state index in [1.54, 1.807) is 0 Å². The lowest BCUT2D eigenvalue weighted by atomic mass is 10.0. The topological polar surface area (TPSA) is 49.4 Å². The van der Waals surface area contributed by atoms with Gasteiger partial charge in [0.25, 0.3) is 0 Å². The van der Waals surface area contributed by atoms with Crippen LogP contribution in [0.3, 0.4) is 0 Å². The number of nitrogens with one attached hydrogen (secondary N) is 1. The fourth-order valence-electron chi connectivity index (χ4n) is 4.29. The summed E-state index contributed by atoms with van der Waals surface area (Å²) >= 11 is 0. The minimum atomic E-state index is -0.327. The smallest absolute Gasteiger partial charge is 0.229 e. The Morgan fingerprint density at radius 1 is 0.897 bits per heavy atom. The summed E-state index contributed by atoms with van der Waals surface area (Å²) in [5.74, 6) is -0.338. The van der Waals surface area contributed by atoms with Crippen molar-refractivity contribution in [3.05, 3.63) is 58.7 Å². The number of benzene rings is 2. The van der Waals surface area contributed by atoms with Crippen molar-refractivity contribution in [2.75, 3.05) is 16.8 Å². The molecule has 3 rings (SSSR count). The molecule has 0 aliphatic carbocycles. The van der Waals surface area contributed by atoms with Crippen LogP contribution in [0.4, 0.5) is 11.4 Å². The molecule has 2 aromatic carbocycles. The van der Waals surface area contributed by atoms with Gasteiger partial charge < -0.3 is 10.2 Å². The van der Waals surface area contributed by atoms with Crippen LogP contribution < -0.4 is 10.2 Å². The molecule has 1 aliphatic heterocycles. The Balaban J connectivity index is 1.84. The number of carbonyl (C=O) groups is 2. The van der Waals surface area contributed by atoms with Crippen molar-refractivity contribution in [3.8, 4) is 0 Å². The first kappa shape index (κ1) is 21.1. The van der Waals surface area contributed by atoms with Gasteiger partial charge in [0, 0.05) is 24.3 Å². The van der Waals surface area contributed by atoms with Crippen LogP contribution >= 0.6 is 0 Å². The largest absolute Gasteiger partial charge is 0.325 e. The van der Waals surface area contributed by atoms with Gasteiger partial charge >= 0.3 is 0 Å². The van der Waals surface area contributed by atoms with E-state index in [-0.39, 0.29) is 24.2 Å². The summed E-state index contributed by atoms with van der Waals surface area (Å²) in [6.45, 7) is 8.86. The van der Waals surface area contributed by atoms with Crippen LogP contribution in [0.15, 0.2) is 36.4 Å². The molecule has 0 aromatic heterocycles. The predicted octanol–water partition coefficient (Wildman–Crippen LogP) is 4.93. The molecular formula is C25H32N2O2. The van der Waals surface area contributed by atoms with E-state index in [9.17, 15) is 9.59 Å². The van der Waals surface area contributed by atoms with Gasteiger partial charge in [0.05, 0.1) is 5.92 Å². The zero-order valence-electron chi connectivity index (χ0n) is 18.0. The van der Waals surface area contributed by atoms with E-state index in [2.05, 4.69) is 63.3 Å². The van der Waals surface area contributed by atoms with E-state index in [0.717, 1.165) is 48.2 Å². The number of nitrogens with zero attached hydrogens (tertiary/aromatic N) is 1. The lowest BCUT2D eigenvalue weighted by Crippen LogP contribution is -2.30. The van der Waals surface area contributed by atoms with Crippen LogP contribution in [-0.4, -0.2) is 18.4 Å². The highest BCUT2D eigenvalue weighted by Gasteiger charge is 2.36. The molecule has 0 bridgehead atoms. The standard InChI is InChI=1S/C25H32N2O2/c1-5-17-11-9-12-18(6-2)23(17)26-25(29)21-15-22(28)27(16-21)24-19(7-3)13-10-14-20(24)8-4/h9-14,21H,5-8,15-16H2,1-4H3,(H,26,29)/t21-/m0/s1. The highest BCUT2D eigenvalue weighted by molar-refractivity contribution is 6.04. The fourth-order valence-corrected chi connectivity index (χ4v) is 4.29. The average molecular weight is 393 g/mol. The molecule has 1 atom stereocenters. The maximum Gasteiger partial charge on any atom is 0.229 e. The van der Waals surface area contributed by atoms with Crippen LogP contribution in [-0.2, 0) is 35.3 Å². The summed E-state index contributed by atoms with van der Waals surface area (Å²) in [5.41, 5.74) is 6.57. The van der Waals surface area contributed by atoms with E-state index in [1.165, 1.54) is 11.1 Å². The van der Waals surface area contributed by atoms with Crippen molar-refractivity contribution in [1.82, 2.24) is 0 Å². The fraction of sp³-hybridized carbons (Fsp3) is 0.440. The zero-order valence-corrected chi connectivity index (χ0v) is 18.0. The van der Waals surface area contributed by atoms with Crippen molar-refractivity contribution in [3.63, 3.8) is 0 Å². The van der Waals surface area contributed by atoms with E-state index >= 15 is 0 Å². The van der Waals surface area contributed by atoms with Crippen molar-refractivity contribution in [1.29, 1.82) is 0 Å². The van der Waals surface area contributed by atoms with Crippen molar-refractivity contribution in [2.24, 2.45) is 5.92 Å². The zero-order chi connectivity index (χ0) is 21.0. The van der Waals surface area contributed by atoms with Gasteiger partial charge in [-0.3, -0.25) is 9.59 Å². The Morgan fingerprint density at radius 3 is 1.86 bits per heavy atom. The number of amides is 2. The molecule has 1 N–H and O–H groups in total. The first-order valence-electron chi connectivity index (χ1n) is 10.9. The average Bonchev–Trinajstić information content (AvgIpc) is 3.14. The molecular weight excluding hydrogens is 360 g/mol. The summed E-state index contributed by atoms with van der Waals surface area (Å²) in [6.07, 6.45) is 3.73. The number of hydrogen-bond acceptors (Lipinski definition) is 2. The first-order chi connectivity index (χ1) is 14.0. The van der Waals surface area contributed by atoms with E-state index in [0.29, 0.717) is 6.54 Å². The van der Waals surface area contributed by atoms with Gasteiger partial charge in [0.2, 0.25) is 11.8 Å². The molecule has 0 saturated carbocycles. The highest BCUT2D eigenvalue weighted by Crippen LogP contribution is 2.33. The summed E-state index contributed by atoms with van der Waals surface area (Å²) in [4.78, 5) is 27.8. The van der Waals surface area contributed by atoms with Crippen LogP contribution in [0.1, 0.15) is 56.4 Å². The van der Waals surface area contributed by atoms with Crippen molar-refractivity contribution >= 4 is 23.2 Å². The minimum Gasteiger partial charge on any atom is -0.325 e. The van der Waals surface area contributed by atoms with Crippen LogP contribution in [0.5, 0.6) is 0 Å². The second-order valence-corrected chi connectivity index (χ2v) is 7.68. The highest BCUT2D eigenvalue weighted by atomic mass is 16.2. The summed E-state index contributed by atoms with van der Waals surface area (Å²) < 4.78 is 0. The van der Waals surface area contributed by atoms with Crippen LogP contribution in [0, 0.1) is 5.92 Å². The van der Waals surface area contributed by atoms with Gasteiger partial charge in [-0.15, -0.1) is 0 Å². The quantitative estimate of drug-likeness (QED) is 0.726. The van der Waals surface area contributed by atoms with Crippen molar-refractivity contribution < 1.29 is 9.59 Å². The third kappa shape index (κ3) is 4.21. The molecule has 0 radical (unpaired) electrons. The number of para-hydroxylation sites is 2. The molecule has 4 nitrogen and oxygen atoms in total. The van der Waals surface area contributed by atoms with E-state index < -0.39 is 0 Å². The van der Waals surface area contributed by atoms with E-state index in [1.807, 2.05) is 11.0 Å². The molecule has 1 fully saturated rings. The number of carbonyl (C=O) groups excluding carboxylic acids is 2. The van der Waals surface area contributed by atoms with Gasteiger partial charge in [-0.05, 0) is 47.9 Å². The van der Waals surface area contributed by atoms with Gasteiger partial charge in [0.15, 0.2) is 0 Å². The summed E-state index contributed by atoms with van der Waals surface area (Å²) in [6, 6.07) is 12.4. The molecule has 1 aliphatic rings. The van der Waals surface area contributed by atoms with Gasteiger partial charge in [-0.1, -0.05) is 64.1 Å². The normalized spacial score (nSPS) is 16.3. The second-order valence-electron chi connectivity index (χ2n) is 7.68. The Labute approximate surface area is 174 Å². The molecule has 4 heteroatoms. The number of anilines is 2. The maximum atomic E-state index is 13.1. The Bertz CT molecular complexity index is 859. The van der Waals surface area contributed by atoms with Crippen LogP contribution in [0.25, 0.3) is 0 Å². The number of hydrogen-bond donors (Lipinski definition) is 1. The molecule has 2 amide bonds. The van der Waals surface area contributed by atoms with Crippen molar-refractivity contribution in [2.45, 2.75) is 59.8 Å². The molecule has 0 spiro atoms. The Kier molecular flexibility index (Phi) is 6.73. The Hall–Kier alpha value is -2.62. The lowest BCUT2D eigenvalue weighted by molar-refractivity contribution is -0.122. The van der Waals surface area contributed by atoms with Gasteiger partial charge in [-0.2, -0.15) is 0 Å². The molecule has 1 saturated heterocycles. The molecule has 2 aromatic rings. The monoisotopic (exact) mass is 392 g/mol. The first-order valence-corrected chi connectivity index (χ1v) is 10.9. The molecule has 0 unspecified atom stereocenters. The number of aryl methyl sites for hydroxylation is 4. The molecule has 154 valence electrons. The van der Waals surface area contributed by atoms with E-state index in [4.69, 9.17) is 0 Å². The summed E-state index contributed by atoms with van der Waals surface area (Å²) in [7, 11) is 0. The lowest BCUT2D eigenvalue weighted by Gasteiger charge is -2.23.